The monoisotopic (exact) mass is 288 g/mol. The Balaban J connectivity index is 2.42. The average molecular weight is 288 g/mol. The van der Waals surface area contributed by atoms with E-state index < -0.39 is 0 Å². The van der Waals surface area contributed by atoms with E-state index in [2.05, 4.69) is 17.2 Å². The molecule has 0 unspecified atom stereocenters. The zero-order valence-corrected chi connectivity index (χ0v) is 12.8. The lowest BCUT2D eigenvalue weighted by atomic mass is 10.1. The van der Waals surface area contributed by atoms with Crippen LogP contribution in [0, 0.1) is 11.8 Å². The number of carbonyl (C=O) groups excluding carboxylic acids is 1. The van der Waals surface area contributed by atoms with E-state index in [-0.39, 0.29) is 18.6 Å². The van der Waals surface area contributed by atoms with Gasteiger partial charge >= 0.3 is 0 Å². The smallest absolute Gasteiger partial charge is 0.252 e. The molecule has 4 nitrogen and oxygen atoms in total. The predicted octanol–water partition coefficient (Wildman–Crippen LogP) is 1.93. The first kappa shape index (κ1) is 17.2. The maximum Gasteiger partial charge on any atom is 0.252 e. The van der Waals surface area contributed by atoms with Gasteiger partial charge in [-0.05, 0) is 38.8 Å². The number of nitrogens with two attached hydrogens (primary N) is 1. The third kappa shape index (κ3) is 6.94. The molecule has 0 aromatic heterocycles. The highest BCUT2D eigenvalue weighted by atomic mass is 16.5. The van der Waals surface area contributed by atoms with Gasteiger partial charge in [0.1, 0.15) is 0 Å². The number of amides is 1. The fourth-order valence-corrected chi connectivity index (χ4v) is 1.78. The van der Waals surface area contributed by atoms with Gasteiger partial charge in [-0.3, -0.25) is 4.79 Å². The maximum atomic E-state index is 12.1. The van der Waals surface area contributed by atoms with Crippen LogP contribution in [0.15, 0.2) is 24.3 Å². The molecule has 0 spiro atoms. The molecule has 0 aliphatic carbocycles. The van der Waals surface area contributed by atoms with E-state index in [0.29, 0.717) is 17.7 Å². The van der Waals surface area contributed by atoms with Gasteiger partial charge in [0.25, 0.3) is 5.91 Å². The second-order valence-corrected chi connectivity index (χ2v) is 4.93. The average Bonchev–Trinajstić information content (AvgIpc) is 2.48. The Kier molecular flexibility index (Phi) is 8.18. The van der Waals surface area contributed by atoms with Crippen molar-refractivity contribution in [1.29, 1.82) is 0 Å². The van der Waals surface area contributed by atoms with E-state index in [4.69, 9.17) is 10.5 Å². The van der Waals surface area contributed by atoms with Crippen molar-refractivity contribution in [2.75, 3.05) is 19.7 Å². The van der Waals surface area contributed by atoms with Gasteiger partial charge in [-0.25, -0.2) is 0 Å². The highest BCUT2D eigenvalue weighted by Gasteiger charge is 2.08. The Bertz CT molecular complexity index is 501. The molecular formula is C17H24N2O2. The van der Waals surface area contributed by atoms with Crippen LogP contribution in [-0.4, -0.2) is 31.7 Å². The first-order valence-electron chi connectivity index (χ1n) is 7.33. The molecule has 21 heavy (non-hydrogen) atoms. The molecule has 0 saturated heterocycles. The molecule has 4 heteroatoms. The summed E-state index contributed by atoms with van der Waals surface area (Å²) in [5.41, 5.74) is 6.67. The molecule has 3 N–H and O–H groups in total. The molecule has 0 aliphatic rings. The highest BCUT2D eigenvalue weighted by Crippen LogP contribution is 2.07. The van der Waals surface area contributed by atoms with Gasteiger partial charge in [-0.2, -0.15) is 0 Å². The number of hydrogen-bond donors (Lipinski definition) is 2. The minimum Gasteiger partial charge on any atom is -0.379 e. The van der Waals surface area contributed by atoms with Gasteiger partial charge in [0, 0.05) is 18.7 Å². The first-order valence-corrected chi connectivity index (χ1v) is 7.33. The summed E-state index contributed by atoms with van der Waals surface area (Å²) in [5, 5.41) is 2.91. The highest BCUT2D eigenvalue weighted by molar-refractivity contribution is 5.96. The molecule has 1 aromatic rings. The van der Waals surface area contributed by atoms with Crippen LogP contribution in [0.5, 0.6) is 0 Å². The van der Waals surface area contributed by atoms with E-state index in [1.807, 2.05) is 32.0 Å². The van der Waals surface area contributed by atoms with Crippen molar-refractivity contribution < 1.29 is 9.53 Å². The van der Waals surface area contributed by atoms with E-state index in [1.165, 1.54) is 0 Å². The van der Waals surface area contributed by atoms with Gasteiger partial charge in [0.15, 0.2) is 0 Å². The number of hydrogen-bond acceptors (Lipinski definition) is 3. The van der Waals surface area contributed by atoms with Crippen LogP contribution in [0.25, 0.3) is 0 Å². The third-order valence-corrected chi connectivity index (χ3v) is 2.80. The van der Waals surface area contributed by atoms with E-state index >= 15 is 0 Å². The number of benzene rings is 1. The number of rotatable bonds is 7. The zero-order valence-electron chi connectivity index (χ0n) is 12.8. The minimum atomic E-state index is -0.0956. The largest absolute Gasteiger partial charge is 0.379 e. The van der Waals surface area contributed by atoms with Crippen molar-refractivity contribution in [2.45, 2.75) is 32.8 Å². The summed E-state index contributed by atoms with van der Waals surface area (Å²) in [7, 11) is 0. The first-order chi connectivity index (χ1) is 10.1. The van der Waals surface area contributed by atoms with Crippen LogP contribution < -0.4 is 11.1 Å². The normalized spacial score (nSPS) is 10.1. The van der Waals surface area contributed by atoms with Gasteiger partial charge in [-0.1, -0.05) is 24.0 Å². The summed E-state index contributed by atoms with van der Waals surface area (Å²) in [6, 6.07) is 7.30. The molecule has 0 saturated carbocycles. The van der Waals surface area contributed by atoms with Crippen molar-refractivity contribution in [3.05, 3.63) is 35.4 Å². The van der Waals surface area contributed by atoms with Crippen LogP contribution in [-0.2, 0) is 4.74 Å². The van der Waals surface area contributed by atoms with Crippen LogP contribution in [0.3, 0.4) is 0 Å². The quantitative estimate of drug-likeness (QED) is 0.595. The van der Waals surface area contributed by atoms with Crippen molar-refractivity contribution in [3.63, 3.8) is 0 Å². The fraction of sp³-hybridized carbons (Fsp3) is 0.471. The number of ether oxygens (including phenoxy) is 1. The number of carbonyl (C=O) groups is 1. The molecular weight excluding hydrogens is 264 g/mol. The Morgan fingerprint density at radius 1 is 1.33 bits per heavy atom. The lowest BCUT2D eigenvalue weighted by Gasteiger charge is -2.08. The SMILES string of the molecule is CC(C)OCCCCNC(=O)c1ccccc1C#CCN. The summed E-state index contributed by atoms with van der Waals surface area (Å²) < 4.78 is 5.45. The fourth-order valence-electron chi connectivity index (χ4n) is 1.78. The second kappa shape index (κ2) is 9.98. The summed E-state index contributed by atoms with van der Waals surface area (Å²) in [6.07, 6.45) is 2.09. The van der Waals surface area contributed by atoms with Crippen LogP contribution in [0.1, 0.15) is 42.6 Å². The topological polar surface area (TPSA) is 64.3 Å². The molecule has 0 aliphatic heterocycles. The number of unbranched alkanes of at least 4 members (excludes halogenated alkanes) is 1. The molecule has 0 fully saturated rings. The van der Waals surface area contributed by atoms with Crippen LogP contribution in [0.2, 0.25) is 0 Å². The number of nitrogens with one attached hydrogen (secondary N) is 1. The Hall–Kier alpha value is -1.83. The van der Waals surface area contributed by atoms with Gasteiger partial charge in [-0.15, -0.1) is 0 Å². The summed E-state index contributed by atoms with van der Waals surface area (Å²) in [6.45, 7) is 5.68. The predicted molar refractivity (Wildman–Crippen MR) is 85.0 cm³/mol. The van der Waals surface area contributed by atoms with Gasteiger partial charge in [0.2, 0.25) is 0 Å². The van der Waals surface area contributed by atoms with Crippen molar-refractivity contribution in [2.24, 2.45) is 5.73 Å². The molecule has 0 heterocycles. The minimum absolute atomic E-state index is 0.0956. The van der Waals surface area contributed by atoms with Crippen molar-refractivity contribution >= 4 is 5.91 Å². The van der Waals surface area contributed by atoms with Crippen LogP contribution >= 0.6 is 0 Å². The molecule has 0 bridgehead atoms. The molecule has 114 valence electrons. The van der Waals surface area contributed by atoms with E-state index in [1.54, 1.807) is 6.07 Å². The summed E-state index contributed by atoms with van der Waals surface area (Å²) >= 11 is 0. The molecule has 1 rings (SSSR count). The Labute approximate surface area is 127 Å². The maximum absolute atomic E-state index is 12.1. The van der Waals surface area contributed by atoms with Gasteiger partial charge in [0.05, 0.1) is 18.2 Å². The van der Waals surface area contributed by atoms with Crippen molar-refractivity contribution in [3.8, 4) is 11.8 Å². The lowest BCUT2D eigenvalue weighted by molar-refractivity contribution is 0.0754. The Morgan fingerprint density at radius 3 is 2.81 bits per heavy atom. The molecule has 1 aromatic carbocycles. The Morgan fingerprint density at radius 2 is 2.10 bits per heavy atom. The van der Waals surface area contributed by atoms with Gasteiger partial charge < -0.3 is 15.8 Å². The lowest BCUT2D eigenvalue weighted by Crippen LogP contribution is -2.25. The molecule has 0 radical (unpaired) electrons. The summed E-state index contributed by atoms with van der Waals surface area (Å²) in [5.74, 6) is 5.60. The third-order valence-electron chi connectivity index (χ3n) is 2.80. The second-order valence-electron chi connectivity index (χ2n) is 4.93. The standard InChI is InChI=1S/C17H24N2O2/c1-14(2)21-13-6-5-12-19-17(20)16-10-4-3-8-15(16)9-7-11-18/h3-4,8,10,14H,5-6,11-13,18H2,1-2H3,(H,19,20). The summed E-state index contributed by atoms with van der Waals surface area (Å²) in [4.78, 5) is 12.1. The zero-order chi connectivity index (χ0) is 15.5. The van der Waals surface area contributed by atoms with E-state index in [9.17, 15) is 4.79 Å². The van der Waals surface area contributed by atoms with Crippen LogP contribution in [0.4, 0.5) is 0 Å². The molecule has 0 atom stereocenters. The van der Waals surface area contributed by atoms with Crippen molar-refractivity contribution in [1.82, 2.24) is 5.32 Å². The van der Waals surface area contributed by atoms with E-state index in [0.717, 1.165) is 19.4 Å². The molecule has 1 amide bonds.